The van der Waals surface area contributed by atoms with E-state index in [1.807, 2.05) is 57.2 Å². The van der Waals surface area contributed by atoms with Crippen molar-refractivity contribution in [3.8, 4) is 0 Å². The third kappa shape index (κ3) is 3.29. The number of amides is 2. The molecular weight excluding hydrogens is 312 g/mol. The van der Waals surface area contributed by atoms with E-state index in [9.17, 15) is 9.59 Å². The third-order valence-electron chi connectivity index (χ3n) is 4.87. The Morgan fingerprint density at radius 1 is 1.12 bits per heavy atom. The molecule has 0 spiro atoms. The Kier molecular flexibility index (Phi) is 4.38. The van der Waals surface area contributed by atoms with Crippen LogP contribution in [0.3, 0.4) is 0 Å². The monoisotopic (exact) mass is 336 g/mol. The van der Waals surface area contributed by atoms with E-state index in [1.54, 1.807) is 11.9 Å². The molecule has 0 atom stereocenters. The maximum atomic E-state index is 12.4. The fourth-order valence-electron chi connectivity index (χ4n) is 3.40. The van der Waals surface area contributed by atoms with Crippen molar-refractivity contribution in [3.05, 3.63) is 64.7 Å². The molecule has 4 nitrogen and oxygen atoms in total. The van der Waals surface area contributed by atoms with Crippen LogP contribution in [0.25, 0.3) is 0 Å². The quantitative estimate of drug-likeness (QED) is 0.933. The Labute approximate surface area is 148 Å². The number of benzene rings is 2. The van der Waals surface area contributed by atoms with Gasteiger partial charge in [-0.05, 0) is 43.5 Å². The van der Waals surface area contributed by atoms with E-state index in [1.165, 1.54) is 5.56 Å². The molecule has 130 valence electrons. The van der Waals surface area contributed by atoms with Crippen LogP contribution in [0.15, 0.2) is 42.5 Å². The first kappa shape index (κ1) is 17.2. The van der Waals surface area contributed by atoms with Crippen LogP contribution < -0.4 is 10.2 Å². The molecule has 0 aliphatic carbocycles. The van der Waals surface area contributed by atoms with Crippen LogP contribution in [0, 0.1) is 6.92 Å². The van der Waals surface area contributed by atoms with Crippen LogP contribution in [0.5, 0.6) is 0 Å². The van der Waals surface area contributed by atoms with Crippen LogP contribution in [0.4, 0.5) is 5.69 Å². The highest BCUT2D eigenvalue weighted by Crippen LogP contribution is 2.41. The number of hydrogen-bond donors (Lipinski definition) is 1. The lowest BCUT2D eigenvalue weighted by Gasteiger charge is -2.16. The summed E-state index contributed by atoms with van der Waals surface area (Å²) in [4.78, 5) is 26.3. The number of aryl methyl sites for hydroxylation is 1. The molecule has 2 aromatic rings. The molecule has 0 saturated heterocycles. The van der Waals surface area contributed by atoms with Gasteiger partial charge in [-0.25, -0.2) is 0 Å². The summed E-state index contributed by atoms with van der Waals surface area (Å²) in [5.74, 6) is 0.0699. The first-order valence-electron chi connectivity index (χ1n) is 8.53. The Bertz CT molecular complexity index is 840. The number of fused-ring (bicyclic) bond motifs is 1. The summed E-state index contributed by atoms with van der Waals surface area (Å²) in [6.45, 7) is 6.42. The molecule has 1 aliphatic heterocycles. The van der Waals surface area contributed by atoms with Gasteiger partial charge in [-0.3, -0.25) is 9.59 Å². The number of anilines is 1. The first-order valence-corrected chi connectivity index (χ1v) is 8.53. The van der Waals surface area contributed by atoms with Gasteiger partial charge in [0.1, 0.15) is 0 Å². The van der Waals surface area contributed by atoms with Gasteiger partial charge in [-0.15, -0.1) is 0 Å². The number of rotatable bonds is 4. The second kappa shape index (κ2) is 6.36. The van der Waals surface area contributed by atoms with Crippen LogP contribution in [0.1, 0.15) is 36.1 Å². The summed E-state index contributed by atoms with van der Waals surface area (Å²) in [7, 11) is 1.80. The fourth-order valence-corrected chi connectivity index (χ4v) is 3.40. The van der Waals surface area contributed by atoms with Gasteiger partial charge < -0.3 is 10.2 Å². The lowest BCUT2D eigenvalue weighted by atomic mass is 9.85. The van der Waals surface area contributed by atoms with Crippen molar-refractivity contribution in [2.24, 2.45) is 0 Å². The highest BCUT2D eigenvalue weighted by Gasteiger charge is 2.42. The van der Waals surface area contributed by atoms with Gasteiger partial charge in [0.25, 0.3) is 0 Å². The van der Waals surface area contributed by atoms with Crippen molar-refractivity contribution in [2.75, 3.05) is 11.9 Å². The van der Waals surface area contributed by atoms with E-state index in [2.05, 4.69) is 11.4 Å². The Morgan fingerprint density at radius 3 is 2.60 bits per heavy atom. The van der Waals surface area contributed by atoms with E-state index < -0.39 is 5.41 Å². The van der Waals surface area contributed by atoms with Crippen molar-refractivity contribution >= 4 is 17.5 Å². The van der Waals surface area contributed by atoms with Crippen LogP contribution in [-0.2, 0) is 28.0 Å². The normalized spacial score (nSPS) is 15.2. The molecule has 0 aromatic heterocycles. The zero-order valence-corrected chi connectivity index (χ0v) is 15.2. The van der Waals surface area contributed by atoms with Gasteiger partial charge in [0, 0.05) is 19.3 Å². The van der Waals surface area contributed by atoms with Crippen molar-refractivity contribution in [2.45, 2.75) is 39.2 Å². The van der Waals surface area contributed by atoms with Gasteiger partial charge in [-0.1, -0.05) is 42.0 Å². The first-order chi connectivity index (χ1) is 11.8. The van der Waals surface area contributed by atoms with E-state index in [-0.39, 0.29) is 11.8 Å². The Balaban J connectivity index is 1.69. The average molecular weight is 336 g/mol. The molecule has 1 heterocycles. The van der Waals surface area contributed by atoms with Gasteiger partial charge in [0.05, 0.1) is 11.8 Å². The number of carbonyl (C=O) groups excluding carboxylic acids is 2. The molecule has 1 aliphatic rings. The van der Waals surface area contributed by atoms with Crippen molar-refractivity contribution in [1.29, 1.82) is 0 Å². The Morgan fingerprint density at radius 2 is 1.88 bits per heavy atom. The van der Waals surface area contributed by atoms with Gasteiger partial charge in [-0.2, -0.15) is 0 Å². The molecule has 2 aromatic carbocycles. The molecule has 0 unspecified atom stereocenters. The van der Waals surface area contributed by atoms with Crippen molar-refractivity contribution in [1.82, 2.24) is 5.32 Å². The summed E-state index contributed by atoms with van der Waals surface area (Å²) < 4.78 is 0. The molecule has 0 saturated carbocycles. The summed E-state index contributed by atoms with van der Waals surface area (Å²) in [6.07, 6.45) is 0.313. The van der Waals surface area contributed by atoms with Crippen LogP contribution in [0.2, 0.25) is 0 Å². The molecule has 25 heavy (non-hydrogen) atoms. The smallest absolute Gasteiger partial charge is 0.236 e. The lowest BCUT2D eigenvalue weighted by molar-refractivity contribution is -0.122. The van der Waals surface area contributed by atoms with Gasteiger partial charge in [0.2, 0.25) is 11.8 Å². The Hall–Kier alpha value is -2.62. The minimum atomic E-state index is -0.544. The minimum absolute atomic E-state index is 0.0167. The van der Waals surface area contributed by atoms with E-state index in [0.717, 1.165) is 22.4 Å². The molecule has 4 heteroatoms. The highest BCUT2D eigenvalue weighted by atomic mass is 16.2. The van der Waals surface area contributed by atoms with Crippen molar-refractivity contribution in [3.63, 3.8) is 0 Å². The van der Waals surface area contributed by atoms with Crippen molar-refractivity contribution < 1.29 is 9.59 Å². The predicted octanol–water partition coefficient (Wildman–Crippen LogP) is 3.11. The largest absolute Gasteiger partial charge is 0.352 e. The number of nitrogens with zero attached hydrogens (tertiary/aromatic N) is 1. The second-order valence-electron chi connectivity index (χ2n) is 7.28. The number of hydrogen-bond acceptors (Lipinski definition) is 2. The van der Waals surface area contributed by atoms with E-state index >= 15 is 0 Å². The number of likely N-dealkylation sites (N-methyl/N-ethyl adjacent to an activating group) is 1. The number of carbonyl (C=O) groups is 2. The van der Waals surface area contributed by atoms with Gasteiger partial charge in [0.15, 0.2) is 0 Å². The van der Waals surface area contributed by atoms with Crippen LogP contribution >= 0.6 is 0 Å². The second-order valence-corrected chi connectivity index (χ2v) is 7.28. The van der Waals surface area contributed by atoms with E-state index in [4.69, 9.17) is 0 Å². The fraction of sp³-hybridized carbons (Fsp3) is 0.333. The predicted molar refractivity (Wildman–Crippen MR) is 99.6 cm³/mol. The maximum Gasteiger partial charge on any atom is 0.236 e. The molecule has 2 amide bonds. The molecule has 0 radical (unpaired) electrons. The number of nitrogens with one attached hydrogen (secondary N) is 1. The van der Waals surface area contributed by atoms with Crippen LogP contribution in [-0.4, -0.2) is 18.9 Å². The SMILES string of the molecule is Cc1cccc(CNC(=O)Cc2ccc3c(c2)C(C)(C)C(=O)N3C)c1. The topological polar surface area (TPSA) is 49.4 Å². The molecule has 0 bridgehead atoms. The summed E-state index contributed by atoms with van der Waals surface area (Å²) in [5.41, 5.74) is 4.58. The highest BCUT2D eigenvalue weighted by molar-refractivity contribution is 6.07. The average Bonchev–Trinajstić information content (AvgIpc) is 2.74. The molecule has 0 fully saturated rings. The molecule has 1 N–H and O–H groups in total. The molecule has 3 rings (SSSR count). The lowest BCUT2D eigenvalue weighted by Crippen LogP contribution is -2.33. The summed E-state index contributed by atoms with van der Waals surface area (Å²) in [6, 6.07) is 14.0. The van der Waals surface area contributed by atoms with Gasteiger partial charge >= 0.3 is 0 Å². The van der Waals surface area contributed by atoms with E-state index in [0.29, 0.717) is 13.0 Å². The zero-order chi connectivity index (χ0) is 18.2. The standard InChI is InChI=1S/C21H24N2O2/c1-14-6-5-7-16(10-14)13-22-19(24)12-15-8-9-18-17(11-15)21(2,3)20(25)23(18)4/h5-11H,12-13H2,1-4H3,(H,22,24). The maximum absolute atomic E-state index is 12.4. The summed E-state index contributed by atoms with van der Waals surface area (Å²) in [5, 5.41) is 2.96. The third-order valence-corrected chi connectivity index (χ3v) is 4.87. The minimum Gasteiger partial charge on any atom is -0.352 e. The zero-order valence-electron chi connectivity index (χ0n) is 15.2. The summed E-state index contributed by atoms with van der Waals surface area (Å²) >= 11 is 0. The molecular formula is C21H24N2O2.